The standard InChI is InChI=1S/C22H24ClFN2O5S/c23-19-11-8-16(12-20(19)32(25,29)30)22(28)31-14-21(27)26(18-4-2-1-3-5-18)13-15-6-9-17(24)10-7-15/h6-12,18H,1-5,13-14H2,(H2,25,29,30). The van der Waals surface area contributed by atoms with Gasteiger partial charge in [-0.2, -0.15) is 0 Å². The second kappa shape index (κ2) is 10.4. The second-order valence-corrected chi connectivity index (χ2v) is 9.64. The first-order valence-electron chi connectivity index (χ1n) is 10.2. The first-order chi connectivity index (χ1) is 15.1. The summed E-state index contributed by atoms with van der Waals surface area (Å²) in [6.07, 6.45) is 4.79. The average molecular weight is 483 g/mol. The molecule has 1 fully saturated rings. The summed E-state index contributed by atoms with van der Waals surface area (Å²) in [5.74, 6) is -1.61. The van der Waals surface area contributed by atoms with E-state index in [4.69, 9.17) is 21.5 Å². The number of nitrogens with zero attached hydrogens (tertiary/aromatic N) is 1. The normalized spacial score (nSPS) is 14.7. The lowest BCUT2D eigenvalue weighted by atomic mass is 9.93. The highest BCUT2D eigenvalue weighted by atomic mass is 35.5. The van der Waals surface area contributed by atoms with Gasteiger partial charge in [-0.1, -0.05) is 43.0 Å². The van der Waals surface area contributed by atoms with Gasteiger partial charge >= 0.3 is 5.97 Å². The summed E-state index contributed by atoms with van der Waals surface area (Å²) in [5.41, 5.74) is 0.682. The highest BCUT2D eigenvalue weighted by Crippen LogP contribution is 2.25. The van der Waals surface area contributed by atoms with Crippen molar-refractivity contribution in [2.75, 3.05) is 6.61 Å². The number of nitrogens with two attached hydrogens (primary N) is 1. The molecule has 0 unspecified atom stereocenters. The fourth-order valence-corrected chi connectivity index (χ4v) is 4.81. The minimum Gasteiger partial charge on any atom is -0.452 e. The highest BCUT2D eigenvalue weighted by molar-refractivity contribution is 7.89. The summed E-state index contributed by atoms with van der Waals surface area (Å²) in [4.78, 5) is 26.6. The Balaban J connectivity index is 1.71. The molecule has 1 aliphatic carbocycles. The largest absolute Gasteiger partial charge is 0.452 e. The number of carbonyl (C=O) groups is 2. The van der Waals surface area contributed by atoms with Crippen molar-refractivity contribution in [1.29, 1.82) is 0 Å². The fourth-order valence-electron chi connectivity index (χ4n) is 3.74. The molecule has 0 saturated heterocycles. The maximum atomic E-state index is 13.2. The van der Waals surface area contributed by atoms with Crippen molar-refractivity contribution in [3.8, 4) is 0 Å². The zero-order valence-corrected chi connectivity index (χ0v) is 18.9. The minimum absolute atomic E-state index is 0.00419. The van der Waals surface area contributed by atoms with Crippen LogP contribution in [0.4, 0.5) is 4.39 Å². The van der Waals surface area contributed by atoms with Crippen LogP contribution in [0.15, 0.2) is 47.4 Å². The summed E-state index contributed by atoms with van der Waals surface area (Å²) in [7, 11) is -4.13. The van der Waals surface area contributed by atoms with E-state index in [0.29, 0.717) is 0 Å². The number of sulfonamides is 1. The van der Waals surface area contributed by atoms with Crippen LogP contribution in [-0.2, 0) is 26.1 Å². The van der Waals surface area contributed by atoms with Crippen molar-refractivity contribution in [3.05, 3.63) is 64.4 Å². The molecule has 2 aromatic carbocycles. The van der Waals surface area contributed by atoms with E-state index >= 15 is 0 Å². The maximum absolute atomic E-state index is 13.2. The van der Waals surface area contributed by atoms with Crippen molar-refractivity contribution in [2.45, 2.75) is 49.6 Å². The lowest BCUT2D eigenvalue weighted by Crippen LogP contribution is -2.43. The van der Waals surface area contributed by atoms with Gasteiger partial charge in [0.2, 0.25) is 10.0 Å². The maximum Gasteiger partial charge on any atom is 0.338 e. The molecule has 32 heavy (non-hydrogen) atoms. The third kappa shape index (κ3) is 6.27. The molecule has 2 N–H and O–H groups in total. The van der Waals surface area contributed by atoms with E-state index in [0.717, 1.165) is 43.7 Å². The SMILES string of the molecule is NS(=O)(=O)c1cc(C(=O)OCC(=O)N(Cc2ccc(F)cc2)C2CCCCC2)ccc1Cl. The Hall–Kier alpha value is -2.49. The monoisotopic (exact) mass is 482 g/mol. The molecule has 0 aromatic heterocycles. The molecule has 10 heteroatoms. The quantitative estimate of drug-likeness (QED) is 0.606. The lowest BCUT2D eigenvalue weighted by Gasteiger charge is -2.34. The zero-order valence-electron chi connectivity index (χ0n) is 17.3. The van der Waals surface area contributed by atoms with Crippen molar-refractivity contribution in [2.24, 2.45) is 5.14 Å². The van der Waals surface area contributed by atoms with Crippen LogP contribution >= 0.6 is 11.6 Å². The predicted molar refractivity (Wildman–Crippen MR) is 117 cm³/mol. The van der Waals surface area contributed by atoms with E-state index in [1.54, 1.807) is 17.0 Å². The van der Waals surface area contributed by atoms with Gasteiger partial charge in [0, 0.05) is 12.6 Å². The lowest BCUT2D eigenvalue weighted by molar-refractivity contribution is -0.138. The minimum atomic E-state index is -4.13. The van der Waals surface area contributed by atoms with Gasteiger partial charge in [0.05, 0.1) is 10.6 Å². The van der Waals surface area contributed by atoms with Gasteiger partial charge in [-0.15, -0.1) is 0 Å². The van der Waals surface area contributed by atoms with Crippen LogP contribution in [0.2, 0.25) is 5.02 Å². The van der Waals surface area contributed by atoms with E-state index in [-0.39, 0.29) is 34.9 Å². The number of ether oxygens (including phenoxy) is 1. The van der Waals surface area contributed by atoms with Crippen LogP contribution in [0.25, 0.3) is 0 Å². The topological polar surface area (TPSA) is 107 Å². The molecule has 2 aromatic rings. The van der Waals surface area contributed by atoms with E-state index < -0.39 is 27.5 Å². The van der Waals surface area contributed by atoms with Crippen molar-refractivity contribution < 1.29 is 27.1 Å². The first kappa shape index (κ1) is 24.2. The average Bonchev–Trinajstić information content (AvgIpc) is 2.77. The Morgan fingerprint density at radius 2 is 1.75 bits per heavy atom. The Bertz CT molecular complexity index is 1090. The Morgan fingerprint density at radius 1 is 1.09 bits per heavy atom. The molecular formula is C22H24ClFN2O5S. The summed E-state index contributed by atoms with van der Waals surface area (Å²) in [6.45, 7) is -0.234. The number of amides is 1. The van der Waals surface area contributed by atoms with Crippen LogP contribution in [-0.4, -0.2) is 37.8 Å². The third-order valence-electron chi connectivity index (χ3n) is 5.40. The number of esters is 1. The van der Waals surface area contributed by atoms with Gasteiger partial charge in [0.25, 0.3) is 5.91 Å². The molecule has 1 saturated carbocycles. The number of rotatable bonds is 7. The van der Waals surface area contributed by atoms with Gasteiger partial charge in [-0.25, -0.2) is 22.7 Å². The molecule has 0 aliphatic heterocycles. The number of carbonyl (C=O) groups excluding carboxylic acids is 2. The molecule has 172 valence electrons. The van der Waals surface area contributed by atoms with Gasteiger partial charge in [0.15, 0.2) is 6.61 Å². The van der Waals surface area contributed by atoms with Gasteiger partial charge in [-0.3, -0.25) is 4.79 Å². The molecular weight excluding hydrogens is 459 g/mol. The van der Waals surface area contributed by atoms with Gasteiger partial charge in [0.1, 0.15) is 10.7 Å². The summed E-state index contributed by atoms with van der Waals surface area (Å²) < 4.78 is 41.6. The molecule has 1 aliphatic rings. The van der Waals surface area contributed by atoms with Crippen molar-refractivity contribution in [3.63, 3.8) is 0 Å². The summed E-state index contributed by atoms with van der Waals surface area (Å²) in [5, 5.41) is 4.98. The first-order valence-corrected chi connectivity index (χ1v) is 12.1. The fraction of sp³-hybridized carbons (Fsp3) is 0.364. The zero-order chi connectivity index (χ0) is 23.3. The van der Waals surface area contributed by atoms with Crippen molar-refractivity contribution in [1.82, 2.24) is 4.90 Å². The Kier molecular flexibility index (Phi) is 7.86. The molecule has 7 nitrogen and oxygen atoms in total. The Labute approximate surface area is 191 Å². The molecule has 0 spiro atoms. The molecule has 0 bridgehead atoms. The number of primary sulfonamides is 1. The highest BCUT2D eigenvalue weighted by Gasteiger charge is 2.27. The Morgan fingerprint density at radius 3 is 2.38 bits per heavy atom. The van der Waals surface area contributed by atoms with Crippen molar-refractivity contribution >= 4 is 33.5 Å². The summed E-state index contributed by atoms with van der Waals surface area (Å²) >= 11 is 5.83. The van der Waals surface area contributed by atoms with E-state index in [1.807, 2.05) is 0 Å². The second-order valence-electron chi connectivity index (χ2n) is 7.71. The van der Waals surface area contributed by atoms with E-state index in [2.05, 4.69) is 0 Å². The molecule has 0 atom stereocenters. The molecule has 3 rings (SSSR count). The number of hydrogen-bond donors (Lipinski definition) is 1. The molecule has 1 amide bonds. The van der Waals surface area contributed by atoms with Crippen LogP contribution in [0.3, 0.4) is 0 Å². The number of halogens is 2. The smallest absolute Gasteiger partial charge is 0.338 e. The van der Waals surface area contributed by atoms with Crippen LogP contribution < -0.4 is 5.14 Å². The summed E-state index contributed by atoms with van der Waals surface area (Å²) in [6, 6.07) is 9.45. The van der Waals surface area contributed by atoms with Gasteiger partial charge < -0.3 is 9.64 Å². The van der Waals surface area contributed by atoms with Crippen LogP contribution in [0, 0.1) is 5.82 Å². The van der Waals surface area contributed by atoms with Crippen LogP contribution in [0.5, 0.6) is 0 Å². The third-order valence-corrected chi connectivity index (χ3v) is 6.79. The van der Waals surface area contributed by atoms with E-state index in [1.165, 1.54) is 24.3 Å². The predicted octanol–water partition coefficient (Wildman–Crippen LogP) is 3.64. The molecule has 0 heterocycles. The van der Waals surface area contributed by atoms with E-state index in [9.17, 15) is 22.4 Å². The molecule has 0 radical (unpaired) electrons. The number of benzene rings is 2. The number of hydrogen-bond acceptors (Lipinski definition) is 5. The van der Waals surface area contributed by atoms with Crippen LogP contribution in [0.1, 0.15) is 48.0 Å². The van der Waals surface area contributed by atoms with Gasteiger partial charge in [-0.05, 0) is 48.7 Å².